The lowest BCUT2D eigenvalue weighted by Crippen LogP contribution is -2.46. The summed E-state index contributed by atoms with van der Waals surface area (Å²) in [5.74, 6) is -0.459. The number of carbonyl (C=O) groups excluding carboxylic acids is 2. The van der Waals surface area contributed by atoms with Gasteiger partial charge in [0.2, 0.25) is 5.91 Å². The Labute approximate surface area is 336 Å². The Morgan fingerprint density at radius 3 is 1.13 bits per heavy atom. The van der Waals surface area contributed by atoms with Crippen LogP contribution in [0.15, 0.2) is 0 Å². The molecular formula is C48H95NO5. The van der Waals surface area contributed by atoms with E-state index in [1.54, 1.807) is 0 Å². The fourth-order valence-corrected chi connectivity index (χ4v) is 7.73. The molecular weight excluding hydrogens is 671 g/mol. The number of rotatable bonds is 44. The van der Waals surface area contributed by atoms with Crippen molar-refractivity contribution in [3.63, 3.8) is 0 Å². The molecule has 3 atom stereocenters. The second-order valence-electron chi connectivity index (χ2n) is 16.9. The zero-order valence-electron chi connectivity index (χ0n) is 36.6. The minimum Gasteiger partial charge on any atom is -0.462 e. The average Bonchev–Trinajstić information content (AvgIpc) is 3.16. The summed E-state index contributed by atoms with van der Waals surface area (Å²) in [5.41, 5.74) is 0. The molecule has 0 aromatic rings. The quantitative estimate of drug-likeness (QED) is 0.0424. The third-order valence-electron chi connectivity index (χ3n) is 11.4. The van der Waals surface area contributed by atoms with Crippen molar-refractivity contribution in [3.05, 3.63) is 0 Å². The van der Waals surface area contributed by atoms with Crippen LogP contribution in [-0.2, 0) is 14.3 Å². The molecule has 0 spiro atoms. The molecule has 0 rings (SSSR count). The Morgan fingerprint density at radius 2 is 0.778 bits per heavy atom. The van der Waals surface area contributed by atoms with Crippen LogP contribution in [0.3, 0.4) is 0 Å². The van der Waals surface area contributed by atoms with Crippen LogP contribution < -0.4 is 5.32 Å². The van der Waals surface area contributed by atoms with E-state index < -0.39 is 18.2 Å². The summed E-state index contributed by atoms with van der Waals surface area (Å²) in [6.07, 6.45) is 44.5. The number of ether oxygens (including phenoxy) is 1. The first-order valence-corrected chi connectivity index (χ1v) is 24.3. The van der Waals surface area contributed by atoms with Gasteiger partial charge >= 0.3 is 5.97 Å². The Bertz CT molecular complexity index is 776. The molecule has 6 nitrogen and oxygen atoms in total. The molecule has 1 amide bonds. The zero-order chi connectivity index (χ0) is 39.6. The maximum absolute atomic E-state index is 13.1. The average molecular weight is 766 g/mol. The maximum atomic E-state index is 13.1. The molecule has 3 unspecified atom stereocenters. The minimum absolute atomic E-state index is 0.0867. The molecule has 3 N–H and O–H groups in total. The van der Waals surface area contributed by atoms with Crippen LogP contribution >= 0.6 is 0 Å². The molecule has 6 heteroatoms. The van der Waals surface area contributed by atoms with Crippen molar-refractivity contribution in [1.29, 1.82) is 0 Å². The lowest BCUT2D eigenvalue weighted by molar-refractivity contribution is -0.151. The van der Waals surface area contributed by atoms with Gasteiger partial charge in [-0.05, 0) is 25.7 Å². The number of hydrogen-bond acceptors (Lipinski definition) is 5. The van der Waals surface area contributed by atoms with Crippen LogP contribution in [0.2, 0.25) is 0 Å². The molecule has 0 fully saturated rings. The van der Waals surface area contributed by atoms with Crippen molar-refractivity contribution < 1.29 is 24.5 Å². The minimum atomic E-state index is -0.778. The number of nitrogens with one attached hydrogen (secondary N) is 1. The van der Waals surface area contributed by atoms with E-state index in [4.69, 9.17) is 4.74 Å². The number of carbonyl (C=O) groups is 2. The fraction of sp³-hybridized carbons (Fsp3) is 0.958. The first-order chi connectivity index (χ1) is 26.5. The third kappa shape index (κ3) is 37.8. The highest BCUT2D eigenvalue weighted by Crippen LogP contribution is 2.18. The Balaban J connectivity index is 4.44. The summed E-state index contributed by atoms with van der Waals surface area (Å²) in [7, 11) is 0. The van der Waals surface area contributed by atoms with Gasteiger partial charge in [-0.2, -0.15) is 0 Å². The van der Waals surface area contributed by atoms with Gasteiger partial charge in [0.25, 0.3) is 0 Å². The summed E-state index contributed by atoms with van der Waals surface area (Å²) < 4.78 is 5.90. The van der Waals surface area contributed by atoms with Gasteiger partial charge in [0.05, 0.1) is 25.2 Å². The lowest BCUT2D eigenvalue weighted by atomic mass is 10.0. The van der Waals surface area contributed by atoms with Crippen LogP contribution in [-0.4, -0.2) is 46.9 Å². The van der Waals surface area contributed by atoms with E-state index in [9.17, 15) is 19.8 Å². The van der Waals surface area contributed by atoms with Crippen molar-refractivity contribution in [2.45, 2.75) is 289 Å². The second kappa shape index (κ2) is 43.0. The number of unbranched alkanes of at least 4 members (excludes halogenated alkanes) is 32. The molecule has 0 aliphatic rings. The molecule has 322 valence electrons. The highest BCUT2D eigenvalue weighted by molar-refractivity contribution is 5.77. The van der Waals surface area contributed by atoms with Gasteiger partial charge in [-0.15, -0.1) is 0 Å². The van der Waals surface area contributed by atoms with Crippen LogP contribution in [0.25, 0.3) is 0 Å². The molecule has 0 aromatic carbocycles. The number of esters is 1. The van der Waals surface area contributed by atoms with Crippen molar-refractivity contribution in [2.24, 2.45) is 0 Å². The molecule has 0 bridgehead atoms. The Morgan fingerprint density at radius 1 is 0.463 bits per heavy atom. The van der Waals surface area contributed by atoms with E-state index in [1.807, 2.05) is 0 Å². The summed E-state index contributed by atoms with van der Waals surface area (Å²) in [5, 5.41) is 23.7. The third-order valence-corrected chi connectivity index (χ3v) is 11.4. The summed E-state index contributed by atoms with van der Waals surface area (Å²) >= 11 is 0. The SMILES string of the molecule is CCCCCCCCCCCCCCCCCC(O)C(CO)NC(=O)CC(CCCCCCCCCCCCC)OC(=O)CCCCCCCCCCC. The van der Waals surface area contributed by atoms with Gasteiger partial charge in [0, 0.05) is 6.42 Å². The molecule has 0 heterocycles. The predicted octanol–water partition coefficient (Wildman–Crippen LogP) is 14.0. The van der Waals surface area contributed by atoms with Gasteiger partial charge in [0.1, 0.15) is 6.10 Å². The van der Waals surface area contributed by atoms with E-state index in [0.29, 0.717) is 19.3 Å². The predicted molar refractivity (Wildman–Crippen MR) is 232 cm³/mol. The van der Waals surface area contributed by atoms with Crippen LogP contribution in [0, 0.1) is 0 Å². The van der Waals surface area contributed by atoms with E-state index in [-0.39, 0.29) is 24.9 Å². The number of amides is 1. The van der Waals surface area contributed by atoms with Crippen molar-refractivity contribution in [3.8, 4) is 0 Å². The Kier molecular flexibility index (Phi) is 42.1. The Hall–Kier alpha value is -1.14. The smallest absolute Gasteiger partial charge is 0.306 e. The largest absolute Gasteiger partial charge is 0.462 e. The van der Waals surface area contributed by atoms with Crippen LogP contribution in [0.4, 0.5) is 0 Å². The highest BCUT2D eigenvalue weighted by Gasteiger charge is 2.24. The lowest BCUT2D eigenvalue weighted by Gasteiger charge is -2.24. The summed E-state index contributed by atoms with van der Waals surface area (Å²) in [6.45, 7) is 6.48. The van der Waals surface area contributed by atoms with Gasteiger partial charge in [-0.25, -0.2) is 0 Å². The monoisotopic (exact) mass is 766 g/mol. The number of aliphatic hydroxyl groups excluding tert-OH is 2. The first-order valence-electron chi connectivity index (χ1n) is 24.3. The van der Waals surface area contributed by atoms with Gasteiger partial charge in [-0.1, -0.05) is 233 Å². The molecule has 0 aliphatic carbocycles. The van der Waals surface area contributed by atoms with Crippen molar-refractivity contribution in [1.82, 2.24) is 5.32 Å². The molecule has 0 aromatic heterocycles. The fourth-order valence-electron chi connectivity index (χ4n) is 7.73. The first kappa shape index (κ1) is 52.9. The highest BCUT2D eigenvalue weighted by atomic mass is 16.5. The van der Waals surface area contributed by atoms with E-state index >= 15 is 0 Å². The molecule has 0 aliphatic heterocycles. The van der Waals surface area contributed by atoms with Crippen LogP contribution in [0.1, 0.15) is 271 Å². The zero-order valence-corrected chi connectivity index (χ0v) is 36.6. The molecule has 54 heavy (non-hydrogen) atoms. The molecule has 0 saturated carbocycles. The molecule has 0 saturated heterocycles. The maximum Gasteiger partial charge on any atom is 0.306 e. The number of aliphatic hydroxyl groups is 2. The summed E-state index contributed by atoms with van der Waals surface area (Å²) in [4.78, 5) is 25.9. The van der Waals surface area contributed by atoms with Crippen molar-refractivity contribution >= 4 is 11.9 Å². The van der Waals surface area contributed by atoms with Crippen molar-refractivity contribution in [2.75, 3.05) is 6.61 Å². The molecule has 0 radical (unpaired) electrons. The van der Waals surface area contributed by atoms with Gasteiger partial charge in [-0.3, -0.25) is 9.59 Å². The second-order valence-corrected chi connectivity index (χ2v) is 16.9. The summed E-state index contributed by atoms with van der Waals surface area (Å²) in [6, 6.07) is -0.690. The standard InChI is InChI=1S/C48H95NO5/c1-4-7-10-13-16-19-21-22-23-24-26-29-31-34-37-40-46(51)45(43-50)49-47(52)42-44(39-36-33-30-28-25-20-17-14-11-8-5-2)54-48(53)41-38-35-32-27-18-15-12-9-6-3/h44-46,50-51H,4-43H2,1-3H3,(H,49,52). The number of hydrogen-bond donors (Lipinski definition) is 3. The normalized spacial score (nSPS) is 13.2. The van der Waals surface area contributed by atoms with E-state index in [2.05, 4.69) is 26.1 Å². The van der Waals surface area contributed by atoms with E-state index in [1.165, 1.54) is 180 Å². The van der Waals surface area contributed by atoms with Gasteiger partial charge < -0.3 is 20.3 Å². The van der Waals surface area contributed by atoms with Gasteiger partial charge in [0.15, 0.2) is 0 Å². The topological polar surface area (TPSA) is 95.9 Å². The van der Waals surface area contributed by atoms with Crippen LogP contribution in [0.5, 0.6) is 0 Å². The van der Waals surface area contributed by atoms with E-state index in [0.717, 1.165) is 44.9 Å².